The molecule has 0 aliphatic carbocycles. The third-order valence-corrected chi connectivity index (χ3v) is 6.42. The van der Waals surface area contributed by atoms with Gasteiger partial charge in [-0.2, -0.15) is 23.5 Å². The van der Waals surface area contributed by atoms with E-state index >= 15 is 0 Å². The van der Waals surface area contributed by atoms with Crippen molar-refractivity contribution in [1.29, 1.82) is 0 Å². The van der Waals surface area contributed by atoms with Crippen LogP contribution in [0.2, 0.25) is 0 Å². The molecule has 1 aliphatic heterocycles. The van der Waals surface area contributed by atoms with Crippen molar-refractivity contribution in [1.82, 2.24) is 5.32 Å². The Balaban J connectivity index is 1.92. The van der Waals surface area contributed by atoms with Crippen molar-refractivity contribution in [2.24, 2.45) is 0 Å². The van der Waals surface area contributed by atoms with Crippen LogP contribution in [0.1, 0.15) is 30.7 Å². The summed E-state index contributed by atoms with van der Waals surface area (Å²) in [6.45, 7) is 2.28. The molecule has 1 aliphatic rings. The molecule has 0 bridgehead atoms. The normalized spacial score (nSPS) is 20.1. The highest BCUT2D eigenvalue weighted by Crippen LogP contribution is 2.26. The number of hydrogen-bond donors (Lipinski definition) is 1. The summed E-state index contributed by atoms with van der Waals surface area (Å²) in [5.74, 6) is 5.19. The molecular formula is C13H21NS3. The summed E-state index contributed by atoms with van der Waals surface area (Å²) in [6.07, 6.45) is 2.51. The zero-order valence-corrected chi connectivity index (χ0v) is 12.8. The van der Waals surface area contributed by atoms with Crippen LogP contribution in [0.15, 0.2) is 17.5 Å². The average Bonchev–Trinajstić information content (AvgIpc) is 2.75. The summed E-state index contributed by atoms with van der Waals surface area (Å²) in [5.41, 5.74) is 0. The molecule has 1 aromatic heterocycles. The topological polar surface area (TPSA) is 12.0 Å². The van der Waals surface area contributed by atoms with Gasteiger partial charge in [0.05, 0.1) is 0 Å². The highest BCUT2D eigenvalue weighted by atomic mass is 32.2. The first-order valence-electron chi connectivity index (χ1n) is 6.35. The minimum Gasteiger partial charge on any atom is -0.305 e. The summed E-state index contributed by atoms with van der Waals surface area (Å²) in [7, 11) is 0. The van der Waals surface area contributed by atoms with Crippen LogP contribution < -0.4 is 5.32 Å². The SMILES string of the molecule is CCCC(NC1CSCCSC1)c1cccs1. The molecule has 2 heterocycles. The zero-order chi connectivity index (χ0) is 11.9. The van der Waals surface area contributed by atoms with Gasteiger partial charge in [-0.15, -0.1) is 11.3 Å². The molecule has 0 aromatic carbocycles. The zero-order valence-electron chi connectivity index (χ0n) is 10.4. The van der Waals surface area contributed by atoms with Gasteiger partial charge in [0.25, 0.3) is 0 Å². The Bertz CT molecular complexity index is 292. The minimum atomic E-state index is 0.573. The lowest BCUT2D eigenvalue weighted by molar-refractivity contribution is 0.461. The molecule has 2 rings (SSSR count). The van der Waals surface area contributed by atoms with Crippen LogP contribution in [0.25, 0.3) is 0 Å². The third kappa shape index (κ3) is 4.51. The smallest absolute Gasteiger partial charge is 0.0417 e. The van der Waals surface area contributed by atoms with Crippen LogP contribution >= 0.6 is 34.9 Å². The van der Waals surface area contributed by atoms with Gasteiger partial charge in [-0.3, -0.25) is 0 Å². The fraction of sp³-hybridized carbons (Fsp3) is 0.692. The molecule has 1 atom stereocenters. The maximum Gasteiger partial charge on any atom is 0.0417 e. The summed E-state index contributed by atoms with van der Waals surface area (Å²) in [6, 6.07) is 5.70. The highest BCUT2D eigenvalue weighted by molar-refractivity contribution is 8.03. The van der Waals surface area contributed by atoms with Gasteiger partial charge in [0, 0.05) is 40.0 Å². The third-order valence-electron chi connectivity index (χ3n) is 2.91. The van der Waals surface area contributed by atoms with Gasteiger partial charge in [-0.1, -0.05) is 19.4 Å². The van der Waals surface area contributed by atoms with E-state index in [9.17, 15) is 0 Å². The molecule has 1 saturated heterocycles. The van der Waals surface area contributed by atoms with Gasteiger partial charge in [-0.05, 0) is 17.9 Å². The van der Waals surface area contributed by atoms with E-state index in [0.29, 0.717) is 12.1 Å². The summed E-state index contributed by atoms with van der Waals surface area (Å²) < 4.78 is 0. The fourth-order valence-electron chi connectivity index (χ4n) is 2.08. The number of thioether (sulfide) groups is 2. The van der Waals surface area contributed by atoms with Crippen molar-refractivity contribution >= 4 is 34.9 Å². The van der Waals surface area contributed by atoms with Gasteiger partial charge in [0.15, 0.2) is 0 Å². The molecule has 0 spiro atoms. The quantitative estimate of drug-likeness (QED) is 0.878. The van der Waals surface area contributed by atoms with Crippen LogP contribution in [-0.2, 0) is 0 Å². The Morgan fingerprint density at radius 2 is 2.12 bits per heavy atom. The molecule has 4 heteroatoms. The van der Waals surface area contributed by atoms with E-state index < -0.39 is 0 Å². The molecule has 1 nitrogen and oxygen atoms in total. The molecule has 1 aromatic rings. The second-order valence-electron chi connectivity index (χ2n) is 4.37. The summed E-state index contributed by atoms with van der Waals surface area (Å²) >= 11 is 6.09. The van der Waals surface area contributed by atoms with Crippen molar-refractivity contribution in [2.75, 3.05) is 23.0 Å². The lowest BCUT2D eigenvalue weighted by Crippen LogP contribution is -2.36. The molecule has 1 N–H and O–H groups in total. The maximum absolute atomic E-state index is 3.87. The van der Waals surface area contributed by atoms with E-state index in [4.69, 9.17) is 0 Å². The first-order valence-corrected chi connectivity index (χ1v) is 9.54. The molecule has 1 unspecified atom stereocenters. The van der Waals surface area contributed by atoms with Crippen molar-refractivity contribution in [3.05, 3.63) is 22.4 Å². The largest absolute Gasteiger partial charge is 0.305 e. The van der Waals surface area contributed by atoms with E-state index in [1.54, 1.807) is 0 Å². The minimum absolute atomic E-state index is 0.573. The monoisotopic (exact) mass is 287 g/mol. The van der Waals surface area contributed by atoms with E-state index in [2.05, 4.69) is 53.3 Å². The van der Waals surface area contributed by atoms with Gasteiger partial charge >= 0.3 is 0 Å². The number of nitrogens with one attached hydrogen (secondary N) is 1. The molecule has 17 heavy (non-hydrogen) atoms. The second kappa shape index (κ2) is 7.72. The molecular weight excluding hydrogens is 266 g/mol. The number of rotatable bonds is 5. The van der Waals surface area contributed by atoms with Crippen molar-refractivity contribution in [3.63, 3.8) is 0 Å². The first kappa shape index (κ1) is 13.8. The lowest BCUT2D eigenvalue weighted by Gasteiger charge is -2.23. The van der Waals surface area contributed by atoms with Crippen LogP contribution in [0.4, 0.5) is 0 Å². The van der Waals surface area contributed by atoms with Crippen molar-refractivity contribution in [2.45, 2.75) is 31.8 Å². The van der Waals surface area contributed by atoms with Crippen molar-refractivity contribution in [3.8, 4) is 0 Å². The molecule has 1 fully saturated rings. The first-order chi connectivity index (χ1) is 8.40. The van der Waals surface area contributed by atoms with Crippen LogP contribution in [0.5, 0.6) is 0 Å². The van der Waals surface area contributed by atoms with E-state index in [0.717, 1.165) is 0 Å². The lowest BCUT2D eigenvalue weighted by atomic mass is 10.1. The van der Waals surface area contributed by atoms with Gasteiger partial charge in [0.1, 0.15) is 0 Å². The standard InChI is InChI=1S/C13H21NS3/c1-2-4-12(13-5-3-6-17-13)14-11-9-15-7-8-16-10-11/h3,5-6,11-12,14H,2,4,7-10H2,1H3. The van der Waals surface area contributed by atoms with Crippen LogP contribution in [0.3, 0.4) is 0 Å². The summed E-state index contributed by atoms with van der Waals surface area (Å²) in [5, 5.41) is 6.06. The van der Waals surface area contributed by atoms with E-state index in [-0.39, 0.29) is 0 Å². The molecule has 0 radical (unpaired) electrons. The predicted molar refractivity (Wildman–Crippen MR) is 83.5 cm³/mol. The molecule has 0 saturated carbocycles. The Morgan fingerprint density at radius 3 is 2.71 bits per heavy atom. The van der Waals surface area contributed by atoms with E-state index in [1.807, 2.05) is 11.3 Å². The molecule has 96 valence electrons. The Kier molecular flexibility index (Phi) is 6.26. The predicted octanol–water partition coefficient (Wildman–Crippen LogP) is 4.03. The van der Waals surface area contributed by atoms with Gasteiger partial charge < -0.3 is 5.32 Å². The number of hydrogen-bond acceptors (Lipinski definition) is 4. The summed E-state index contributed by atoms with van der Waals surface area (Å²) in [4.78, 5) is 1.51. The van der Waals surface area contributed by atoms with E-state index in [1.165, 1.54) is 40.7 Å². The molecule has 0 amide bonds. The Labute approximate surface area is 117 Å². The highest BCUT2D eigenvalue weighted by Gasteiger charge is 2.18. The van der Waals surface area contributed by atoms with Gasteiger partial charge in [-0.25, -0.2) is 0 Å². The van der Waals surface area contributed by atoms with Crippen LogP contribution in [-0.4, -0.2) is 29.1 Å². The second-order valence-corrected chi connectivity index (χ2v) is 7.65. The van der Waals surface area contributed by atoms with Gasteiger partial charge in [0.2, 0.25) is 0 Å². The van der Waals surface area contributed by atoms with Crippen molar-refractivity contribution < 1.29 is 0 Å². The Morgan fingerprint density at radius 1 is 1.35 bits per heavy atom. The number of thiophene rings is 1. The fourth-order valence-corrected chi connectivity index (χ4v) is 5.33. The Hall–Kier alpha value is 0.360. The maximum atomic E-state index is 3.87. The average molecular weight is 288 g/mol. The van der Waals surface area contributed by atoms with Crippen LogP contribution in [0, 0.1) is 0 Å².